The summed E-state index contributed by atoms with van der Waals surface area (Å²) in [6.45, 7) is 4.08. The molecule has 3 N–H and O–H groups in total. The number of nitrogens with one attached hydrogen (secondary N) is 1. The Labute approximate surface area is 132 Å². The van der Waals surface area contributed by atoms with Crippen LogP contribution < -0.4 is 20.1 Å². The van der Waals surface area contributed by atoms with E-state index in [0.717, 1.165) is 48.4 Å². The average molecular weight is 356 g/mol. The predicted molar refractivity (Wildman–Crippen MR) is 81.5 cm³/mol. The number of amides is 1. The summed E-state index contributed by atoms with van der Waals surface area (Å²) in [5.74, 6) is 1.53. The molecule has 0 aromatic heterocycles. The van der Waals surface area contributed by atoms with Crippen molar-refractivity contribution in [3.05, 3.63) is 22.2 Å². The maximum atomic E-state index is 11.2. The monoisotopic (exact) mass is 355 g/mol. The van der Waals surface area contributed by atoms with E-state index in [0.29, 0.717) is 13.2 Å². The molecule has 1 fully saturated rings. The highest BCUT2D eigenvalue weighted by Gasteiger charge is 2.26. The fourth-order valence-corrected chi connectivity index (χ4v) is 3.46. The van der Waals surface area contributed by atoms with Gasteiger partial charge >= 0.3 is 0 Å². The number of piperidine rings is 1. The third-order valence-electron chi connectivity index (χ3n) is 4.25. The number of hydrogen-bond donors (Lipinski definition) is 2. The molecule has 0 unspecified atom stereocenters. The Hall–Kier alpha value is -1.27. The normalized spacial score (nSPS) is 24.6. The van der Waals surface area contributed by atoms with E-state index < -0.39 is 0 Å². The molecule has 2 heterocycles. The van der Waals surface area contributed by atoms with Gasteiger partial charge in [0.25, 0.3) is 0 Å². The minimum absolute atomic E-state index is 0.0532. The first-order valence-electron chi connectivity index (χ1n) is 7.34. The highest BCUT2D eigenvalue weighted by atomic mass is 79.9. The van der Waals surface area contributed by atoms with E-state index in [-0.39, 0.29) is 11.8 Å². The predicted octanol–water partition coefficient (Wildman–Crippen LogP) is 0.500. The first-order valence-corrected chi connectivity index (χ1v) is 8.13. The quantitative estimate of drug-likeness (QED) is 0.829. The maximum Gasteiger partial charge on any atom is 0.220 e. The van der Waals surface area contributed by atoms with Crippen molar-refractivity contribution in [1.82, 2.24) is 0 Å². The second kappa shape index (κ2) is 6.23. The summed E-state index contributed by atoms with van der Waals surface area (Å²) < 4.78 is 12.3. The van der Waals surface area contributed by atoms with Crippen LogP contribution in [0.1, 0.15) is 18.4 Å². The van der Waals surface area contributed by atoms with Crippen LogP contribution in [0.4, 0.5) is 0 Å². The van der Waals surface area contributed by atoms with E-state index in [4.69, 9.17) is 15.2 Å². The summed E-state index contributed by atoms with van der Waals surface area (Å²) >= 11 is 3.61. The molecule has 0 saturated carbocycles. The largest absolute Gasteiger partial charge is 0.486 e. The molecule has 6 heteroatoms. The number of ether oxygens (including phenoxy) is 2. The number of fused-ring (bicyclic) bond motifs is 1. The molecule has 0 spiro atoms. The SMILES string of the molecule is NC(=O)C1CC[NH+](Cc2cc3c(cc2Br)OCCO3)CC1. The van der Waals surface area contributed by atoms with E-state index in [1.807, 2.05) is 6.07 Å². The molecular formula is C15H20BrN2O3+. The van der Waals surface area contributed by atoms with Crippen molar-refractivity contribution < 1.29 is 19.2 Å². The van der Waals surface area contributed by atoms with Gasteiger partial charge < -0.3 is 20.1 Å². The van der Waals surface area contributed by atoms with Crippen LogP contribution in [0.25, 0.3) is 0 Å². The van der Waals surface area contributed by atoms with Crippen molar-refractivity contribution in [2.75, 3.05) is 26.3 Å². The molecule has 1 amide bonds. The molecule has 0 atom stereocenters. The molecule has 5 nitrogen and oxygen atoms in total. The molecule has 2 aliphatic rings. The van der Waals surface area contributed by atoms with Gasteiger partial charge in [-0.05, 0) is 12.1 Å². The first kappa shape index (κ1) is 14.7. The number of benzene rings is 1. The molecule has 114 valence electrons. The third kappa shape index (κ3) is 3.32. The van der Waals surface area contributed by atoms with Crippen LogP contribution in [0, 0.1) is 5.92 Å². The highest BCUT2D eigenvalue weighted by Crippen LogP contribution is 2.35. The molecule has 3 rings (SSSR count). The van der Waals surface area contributed by atoms with Gasteiger partial charge in [0.15, 0.2) is 11.5 Å². The summed E-state index contributed by atoms with van der Waals surface area (Å²) in [6.07, 6.45) is 1.76. The minimum atomic E-state index is -0.158. The molecule has 21 heavy (non-hydrogen) atoms. The van der Waals surface area contributed by atoms with Crippen LogP contribution in [0.15, 0.2) is 16.6 Å². The highest BCUT2D eigenvalue weighted by molar-refractivity contribution is 9.10. The van der Waals surface area contributed by atoms with Crippen LogP contribution in [-0.2, 0) is 11.3 Å². The van der Waals surface area contributed by atoms with Gasteiger partial charge in [-0.25, -0.2) is 0 Å². The lowest BCUT2D eigenvalue weighted by Gasteiger charge is -2.28. The van der Waals surface area contributed by atoms with Gasteiger partial charge in [0.1, 0.15) is 19.8 Å². The molecule has 1 saturated heterocycles. The van der Waals surface area contributed by atoms with E-state index in [2.05, 4.69) is 22.0 Å². The van der Waals surface area contributed by atoms with Crippen molar-refractivity contribution in [2.24, 2.45) is 11.7 Å². The van der Waals surface area contributed by atoms with Crippen LogP contribution in [0.2, 0.25) is 0 Å². The summed E-state index contributed by atoms with van der Waals surface area (Å²) in [5.41, 5.74) is 6.59. The smallest absolute Gasteiger partial charge is 0.220 e. The zero-order valence-electron chi connectivity index (χ0n) is 11.9. The van der Waals surface area contributed by atoms with Gasteiger partial charge in [0, 0.05) is 28.8 Å². The molecule has 0 aliphatic carbocycles. The summed E-state index contributed by atoms with van der Waals surface area (Å²) in [6, 6.07) is 4.05. The van der Waals surface area contributed by atoms with E-state index in [1.54, 1.807) is 0 Å². The lowest BCUT2D eigenvalue weighted by molar-refractivity contribution is -0.919. The number of hydrogen-bond acceptors (Lipinski definition) is 3. The van der Waals surface area contributed by atoms with Crippen molar-refractivity contribution in [3.63, 3.8) is 0 Å². The molecular weight excluding hydrogens is 336 g/mol. The van der Waals surface area contributed by atoms with Crippen LogP contribution in [-0.4, -0.2) is 32.2 Å². The Morgan fingerprint density at radius 2 is 1.86 bits per heavy atom. The number of carbonyl (C=O) groups is 1. The van der Waals surface area contributed by atoms with Crippen molar-refractivity contribution in [2.45, 2.75) is 19.4 Å². The van der Waals surface area contributed by atoms with Crippen molar-refractivity contribution in [3.8, 4) is 11.5 Å². The Kier molecular flexibility index (Phi) is 4.35. The Balaban J connectivity index is 1.67. The Morgan fingerprint density at radius 1 is 1.24 bits per heavy atom. The number of halogens is 1. The maximum absolute atomic E-state index is 11.2. The van der Waals surface area contributed by atoms with Gasteiger partial charge in [-0.3, -0.25) is 4.79 Å². The molecule has 0 radical (unpaired) electrons. The lowest BCUT2D eigenvalue weighted by Crippen LogP contribution is -3.11. The van der Waals surface area contributed by atoms with Gasteiger partial charge in [-0.1, -0.05) is 15.9 Å². The second-order valence-corrected chi connectivity index (χ2v) is 6.55. The number of quaternary nitrogens is 1. The minimum Gasteiger partial charge on any atom is -0.486 e. The number of likely N-dealkylation sites (tertiary alicyclic amines) is 1. The van der Waals surface area contributed by atoms with E-state index >= 15 is 0 Å². The van der Waals surface area contributed by atoms with E-state index in [9.17, 15) is 4.79 Å². The van der Waals surface area contributed by atoms with E-state index in [1.165, 1.54) is 10.5 Å². The van der Waals surface area contributed by atoms with Gasteiger partial charge in [0.05, 0.1) is 13.1 Å². The van der Waals surface area contributed by atoms with Crippen LogP contribution in [0.3, 0.4) is 0 Å². The first-order chi connectivity index (χ1) is 10.1. The summed E-state index contributed by atoms with van der Waals surface area (Å²) in [4.78, 5) is 12.7. The summed E-state index contributed by atoms with van der Waals surface area (Å²) in [5, 5.41) is 0. The molecule has 2 aliphatic heterocycles. The fraction of sp³-hybridized carbons (Fsp3) is 0.533. The average Bonchev–Trinajstić information content (AvgIpc) is 2.48. The van der Waals surface area contributed by atoms with Crippen LogP contribution in [0.5, 0.6) is 11.5 Å². The van der Waals surface area contributed by atoms with Gasteiger partial charge in [0.2, 0.25) is 5.91 Å². The molecule has 0 bridgehead atoms. The second-order valence-electron chi connectivity index (χ2n) is 5.69. The van der Waals surface area contributed by atoms with Crippen LogP contribution >= 0.6 is 15.9 Å². The number of nitrogens with two attached hydrogens (primary N) is 1. The number of primary amides is 1. The Morgan fingerprint density at radius 3 is 2.48 bits per heavy atom. The summed E-state index contributed by atoms with van der Waals surface area (Å²) in [7, 11) is 0. The van der Waals surface area contributed by atoms with Gasteiger partial charge in [-0.2, -0.15) is 0 Å². The fourth-order valence-electron chi connectivity index (χ4n) is 3.00. The molecule has 1 aromatic rings. The number of carbonyl (C=O) groups excluding carboxylic acids is 1. The van der Waals surface area contributed by atoms with Gasteiger partial charge in [-0.15, -0.1) is 0 Å². The topological polar surface area (TPSA) is 66.0 Å². The Bertz CT molecular complexity index is 542. The molecule has 1 aromatic carbocycles. The van der Waals surface area contributed by atoms with Crippen molar-refractivity contribution >= 4 is 21.8 Å². The standard InChI is InChI=1S/C15H19BrN2O3/c16-12-8-14-13(20-5-6-21-14)7-11(12)9-18-3-1-10(2-4-18)15(17)19/h7-8,10H,1-6,9H2,(H2,17,19)/p+1. The van der Waals surface area contributed by atoms with Crippen molar-refractivity contribution in [1.29, 1.82) is 0 Å². The third-order valence-corrected chi connectivity index (χ3v) is 4.98. The number of rotatable bonds is 3. The zero-order chi connectivity index (χ0) is 14.8. The zero-order valence-corrected chi connectivity index (χ0v) is 13.4. The lowest BCUT2D eigenvalue weighted by atomic mass is 9.96.